The third kappa shape index (κ3) is 4.47. The quantitative estimate of drug-likeness (QED) is 0.617. The lowest BCUT2D eigenvalue weighted by molar-refractivity contribution is 0.102. The summed E-state index contributed by atoms with van der Waals surface area (Å²) in [6.45, 7) is 3.98. The van der Waals surface area contributed by atoms with Gasteiger partial charge in [-0.05, 0) is 38.6 Å². The van der Waals surface area contributed by atoms with E-state index >= 15 is 0 Å². The van der Waals surface area contributed by atoms with Crippen LogP contribution >= 0.6 is 12.4 Å². The fourth-order valence-corrected chi connectivity index (χ4v) is 3.52. The second-order valence-electron chi connectivity index (χ2n) is 7.07. The highest BCUT2D eigenvalue weighted by Gasteiger charge is 2.25. The lowest BCUT2D eigenvalue weighted by Gasteiger charge is -2.18. The van der Waals surface area contributed by atoms with Crippen molar-refractivity contribution in [3.8, 4) is 5.88 Å². The number of carbonyl (C=O) groups is 1. The Bertz CT molecular complexity index is 1040. The van der Waals surface area contributed by atoms with Gasteiger partial charge in [-0.2, -0.15) is 10.1 Å². The number of aryl methyl sites for hydroxylation is 1. The molecule has 2 aromatic heterocycles. The summed E-state index contributed by atoms with van der Waals surface area (Å²) in [4.78, 5) is 23.9. The van der Waals surface area contributed by atoms with Crippen molar-refractivity contribution in [1.82, 2.24) is 25.1 Å². The van der Waals surface area contributed by atoms with E-state index in [0.717, 1.165) is 30.4 Å². The Labute approximate surface area is 181 Å². The molecule has 1 aliphatic rings. The molecular formula is C20H26ClN7O2. The van der Waals surface area contributed by atoms with E-state index in [1.54, 1.807) is 4.68 Å². The van der Waals surface area contributed by atoms with Gasteiger partial charge in [-0.15, -0.1) is 12.4 Å². The van der Waals surface area contributed by atoms with E-state index in [2.05, 4.69) is 30.6 Å². The third-order valence-electron chi connectivity index (χ3n) is 5.02. The van der Waals surface area contributed by atoms with Crippen LogP contribution in [0.4, 0.5) is 11.6 Å². The molecule has 0 aliphatic carbocycles. The van der Waals surface area contributed by atoms with E-state index in [0.29, 0.717) is 35.7 Å². The minimum atomic E-state index is -0.308. The number of ether oxygens (including phenoxy) is 1. The van der Waals surface area contributed by atoms with E-state index in [1.807, 2.05) is 45.4 Å². The van der Waals surface area contributed by atoms with E-state index < -0.39 is 0 Å². The minimum absolute atomic E-state index is 0. The van der Waals surface area contributed by atoms with Crippen LogP contribution in [0.15, 0.2) is 30.6 Å². The minimum Gasteiger partial charge on any atom is -0.477 e. The van der Waals surface area contributed by atoms with Gasteiger partial charge in [-0.3, -0.25) is 9.48 Å². The molecule has 0 radical (unpaired) electrons. The van der Waals surface area contributed by atoms with Crippen LogP contribution in [-0.2, 0) is 7.05 Å². The molecule has 0 bridgehead atoms. The molecule has 3 heterocycles. The summed E-state index contributed by atoms with van der Waals surface area (Å²) in [7, 11) is 3.82. The van der Waals surface area contributed by atoms with Crippen molar-refractivity contribution in [2.24, 2.45) is 7.05 Å². The molecular weight excluding hydrogens is 406 g/mol. The number of hydrogen-bond acceptors (Lipinski definition) is 7. The molecule has 1 aromatic carbocycles. The Balaban J connectivity index is 0.00000256. The van der Waals surface area contributed by atoms with Gasteiger partial charge in [0.25, 0.3) is 5.91 Å². The summed E-state index contributed by atoms with van der Waals surface area (Å²) >= 11 is 0. The van der Waals surface area contributed by atoms with Crippen LogP contribution < -0.4 is 20.3 Å². The SMILES string of the molecule is CCOc1nc(N2CCC(NC)C2)ncc1C(=O)Nc1ccc2nn(C)cc2c1.Cl. The van der Waals surface area contributed by atoms with Crippen LogP contribution in [0.3, 0.4) is 0 Å². The Kier molecular flexibility index (Phi) is 6.73. The van der Waals surface area contributed by atoms with Gasteiger partial charge in [0, 0.05) is 49.6 Å². The summed E-state index contributed by atoms with van der Waals surface area (Å²) in [6, 6.07) is 6.00. The summed E-state index contributed by atoms with van der Waals surface area (Å²) in [5.74, 6) is 0.572. The van der Waals surface area contributed by atoms with Gasteiger partial charge in [-0.25, -0.2) is 4.98 Å². The molecule has 3 aromatic rings. The van der Waals surface area contributed by atoms with Crippen molar-refractivity contribution in [2.75, 3.05) is 37.0 Å². The Morgan fingerprint density at radius 3 is 2.93 bits per heavy atom. The van der Waals surface area contributed by atoms with E-state index in [-0.39, 0.29) is 18.3 Å². The van der Waals surface area contributed by atoms with Crippen LogP contribution in [-0.4, -0.2) is 58.4 Å². The largest absolute Gasteiger partial charge is 0.477 e. The number of rotatable bonds is 6. The van der Waals surface area contributed by atoms with E-state index in [1.165, 1.54) is 6.20 Å². The zero-order chi connectivity index (χ0) is 20.4. The summed E-state index contributed by atoms with van der Waals surface area (Å²) < 4.78 is 7.40. The Morgan fingerprint density at radius 2 is 2.20 bits per heavy atom. The van der Waals surface area contributed by atoms with Crippen LogP contribution in [0.2, 0.25) is 0 Å². The van der Waals surface area contributed by atoms with Gasteiger partial charge in [-0.1, -0.05) is 0 Å². The average Bonchev–Trinajstić information content (AvgIpc) is 3.33. The van der Waals surface area contributed by atoms with Gasteiger partial charge in [0.15, 0.2) is 0 Å². The third-order valence-corrected chi connectivity index (χ3v) is 5.02. The fraction of sp³-hybridized carbons (Fsp3) is 0.400. The van der Waals surface area contributed by atoms with Crippen molar-refractivity contribution >= 4 is 40.9 Å². The maximum Gasteiger partial charge on any atom is 0.262 e. The molecule has 10 heteroatoms. The van der Waals surface area contributed by atoms with Gasteiger partial charge < -0.3 is 20.3 Å². The number of nitrogens with one attached hydrogen (secondary N) is 2. The van der Waals surface area contributed by atoms with Gasteiger partial charge >= 0.3 is 0 Å². The normalized spacial score (nSPS) is 15.8. The van der Waals surface area contributed by atoms with Crippen molar-refractivity contribution in [3.05, 3.63) is 36.2 Å². The van der Waals surface area contributed by atoms with Gasteiger partial charge in [0.2, 0.25) is 11.8 Å². The number of aromatic nitrogens is 4. The molecule has 1 saturated heterocycles. The van der Waals surface area contributed by atoms with E-state index in [9.17, 15) is 4.79 Å². The number of nitrogens with zero attached hydrogens (tertiary/aromatic N) is 5. The second kappa shape index (κ2) is 9.27. The van der Waals surface area contributed by atoms with Crippen LogP contribution in [0.1, 0.15) is 23.7 Å². The zero-order valence-electron chi connectivity index (χ0n) is 17.3. The van der Waals surface area contributed by atoms with Gasteiger partial charge in [0.05, 0.1) is 12.1 Å². The summed E-state index contributed by atoms with van der Waals surface area (Å²) in [5.41, 5.74) is 1.86. The Hall–Kier alpha value is -2.91. The van der Waals surface area contributed by atoms with Crippen molar-refractivity contribution in [2.45, 2.75) is 19.4 Å². The molecule has 0 saturated carbocycles. The highest BCUT2D eigenvalue weighted by atomic mass is 35.5. The molecule has 1 unspecified atom stereocenters. The zero-order valence-corrected chi connectivity index (χ0v) is 18.1. The molecule has 1 fully saturated rings. The number of benzene rings is 1. The molecule has 9 nitrogen and oxygen atoms in total. The van der Waals surface area contributed by atoms with Crippen LogP contribution in [0.5, 0.6) is 5.88 Å². The first-order chi connectivity index (χ1) is 14.1. The smallest absolute Gasteiger partial charge is 0.262 e. The predicted molar refractivity (Wildman–Crippen MR) is 119 cm³/mol. The monoisotopic (exact) mass is 431 g/mol. The maximum absolute atomic E-state index is 12.9. The average molecular weight is 432 g/mol. The number of carbonyl (C=O) groups excluding carboxylic acids is 1. The molecule has 0 spiro atoms. The lowest BCUT2D eigenvalue weighted by Crippen LogP contribution is -2.30. The van der Waals surface area contributed by atoms with Crippen molar-refractivity contribution < 1.29 is 9.53 Å². The van der Waals surface area contributed by atoms with E-state index in [4.69, 9.17) is 4.74 Å². The second-order valence-corrected chi connectivity index (χ2v) is 7.07. The lowest BCUT2D eigenvalue weighted by atomic mass is 10.2. The molecule has 30 heavy (non-hydrogen) atoms. The fourth-order valence-electron chi connectivity index (χ4n) is 3.52. The van der Waals surface area contributed by atoms with Crippen molar-refractivity contribution in [1.29, 1.82) is 0 Å². The molecule has 4 rings (SSSR count). The summed E-state index contributed by atoms with van der Waals surface area (Å²) in [6.07, 6.45) is 4.48. The Morgan fingerprint density at radius 1 is 1.37 bits per heavy atom. The number of fused-ring (bicyclic) bond motifs is 1. The molecule has 1 aliphatic heterocycles. The van der Waals surface area contributed by atoms with Crippen LogP contribution in [0.25, 0.3) is 10.9 Å². The highest BCUT2D eigenvalue weighted by molar-refractivity contribution is 6.06. The van der Waals surface area contributed by atoms with Crippen LogP contribution in [0, 0.1) is 0 Å². The first-order valence-electron chi connectivity index (χ1n) is 9.74. The van der Waals surface area contributed by atoms with Crippen molar-refractivity contribution in [3.63, 3.8) is 0 Å². The number of amides is 1. The maximum atomic E-state index is 12.9. The van der Waals surface area contributed by atoms with Gasteiger partial charge in [0.1, 0.15) is 5.56 Å². The molecule has 160 valence electrons. The topological polar surface area (TPSA) is 97.2 Å². The number of halogens is 1. The number of anilines is 2. The standard InChI is InChI=1S/C20H25N7O2.ClH/c1-4-29-19-16(10-22-20(24-19)27-8-7-15(12-27)21-2)18(28)23-14-5-6-17-13(9-14)11-26(3)25-17;/h5-6,9-11,15,21H,4,7-8,12H2,1-3H3,(H,23,28);1H. The first kappa shape index (κ1) is 21.8. The molecule has 1 atom stereocenters. The summed E-state index contributed by atoms with van der Waals surface area (Å²) in [5, 5.41) is 11.5. The molecule has 1 amide bonds. The number of likely N-dealkylation sites (N-methyl/N-ethyl adjacent to an activating group) is 1. The highest BCUT2D eigenvalue weighted by Crippen LogP contribution is 2.24. The predicted octanol–water partition coefficient (Wildman–Crippen LogP) is 2.23. The first-order valence-corrected chi connectivity index (χ1v) is 9.74. The molecule has 2 N–H and O–H groups in total. The number of hydrogen-bond donors (Lipinski definition) is 2.